The number of hydrogen-bond donors (Lipinski definition) is 0. The molecule has 1 aromatic heterocycles. The molecule has 0 aliphatic heterocycles. The summed E-state index contributed by atoms with van der Waals surface area (Å²) in [5.41, 5.74) is 14.9. The molecule has 0 spiro atoms. The highest BCUT2D eigenvalue weighted by atomic mass is 15.1. The molecule has 0 N–H and O–H groups in total. The zero-order valence-electron chi connectivity index (χ0n) is 30.5. The zero-order valence-corrected chi connectivity index (χ0v) is 30.5. The molecule has 0 radical (unpaired) electrons. The summed E-state index contributed by atoms with van der Waals surface area (Å²) in [5.74, 6) is 0.990. The minimum atomic E-state index is 0.965. The number of nitrogens with zero attached hydrogens (tertiary/aromatic N) is 2. The molecule has 55 heavy (non-hydrogen) atoms. The molecule has 2 aliphatic rings. The molecule has 0 atom stereocenters. The van der Waals surface area contributed by atoms with E-state index in [1.165, 1.54) is 88.2 Å². The lowest BCUT2D eigenvalue weighted by atomic mass is 9.83. The van der Waals surface area contributed by atoms with Crippen molar-refractivity contribution < 1.29 is 0 Å². The standard InChI is InChI=1S/C53H38N2/c1-2-16-44(17-3-1)55-50-21-11-10-20-49(50)54-53(55)38-26-22-37(23-27-38)41-30-31-47-48(34-41)52(43-29-25-36-13-5-7-15-40(36)33-43)46-19-9-8-18-45(46)51(47)42-28-24-35-12-4-6-14-39(35)32-42/h1-6,8-9,11-14,16-19,21-34H,7,10,15,20H2. The van der Waals surface area contributed by atoms with Gasteiger partial charge in [0.05, 0.1) is 11.4 Å². The SMILES string of the molecule is C1=Cc2ccc(-c3c4ccccc4c(-c4ccc5ccccc5c4)c4ccc(-c5ccc(-c6nc7c(n6-c6ccccc6)C=CCC7)cc5)cc34)cc2CC1. The number of allylic oxidation sites excluding steroid dienone is 2. The van der Waals surface area contributed by atoms with Crippen LogP contribution in [0.25, 0.3) is 94.9 Å². The summed E-state index contributed by atoms with van der Waals surface area (Å²) in [6.07, 6.45) is 13.2. The van der Waals surface area contributed by atoms with Gasteiger partial charge < -0.3 is 0 Å². The van der Waals surface area contributed by atoms with Gasteiger partial charge in [0.25, 0.3) is 0 Å². The predicted octanol–water partition coefficient (Wildman–Crippen LogP) is 13.9. The van der Waals surface area contributed by atoms with Crippen LogP contribution in [0.15, 0.2) is 170 Å². The van der Waals surface area contributed by atoms with Crippen LogP contribution in [-0.4, -0.2) is 9.55 Å². The maximum absolute atomic E-state index is 5.21. The largest absolute Gasteiger partial charge is 0.293 e. The summed E-state index contributed by atoms with van der Waals surface area (Å²) < 4.78 is 2.32. The third-order valence-corrected chi connectivity index (χ3v) is 11.7. The van der Waals surface area contributed by atoms with Crippen molar-refractivity contribution in [3.63, 3.8) is 0 Å². The molecule has 1 heterocycles. The Kier molecular flexibility index (Phi) is 7.48. The Morgan fingerprint density at radius 2 is 1.07 bits per heavy atom. The second-order valence-electron chi connectivity index (χ2n) is 14.9. The Labute approximate surface area is 321 Å². The molecule has 0 saturated carbocycles. The fourth-order valence-electron chi connectivity index (χ4n) is 9.01. The van der Waals surface area contributed by atoms with Crippen LogP contribution in [0.3, 0.4) is 0 Å². The molecule has 2 nitrogen and oxygen atoms in total. The van der Waals surface area contributed by atoms with Gasteiger partial charge in [0.1, 0.15) is 5.82 Å². The Morgan fingerprint density at radius 1 is 0.436 bits per heavy atom. The Balaban J connectivity index is 1.11. The number of aryl methyl sites for hydroxylation is 2. The summed E-state index contributed by atoms with van der Waals surface area (Å²) in [6, 6.07) is 58.4. The van der Waals surface area contributed by atoms with E-state index in [1.807, 2.05) is 0 Å². The van der Waals surface area contributed by atoms with Gasteiger partial charge in [0.15, 0.2) is 0 Å². The second-order valence-corrected chi connectivity index (χ2v) is 14.9. The molecule has 8 aromatic carbocycles. The van der Waals surface area contributed by atoms with Gasteiger partial charge in [-0.2, -0.15) is 0 Å². The second kappa shape index (κ2) is 13.0. The lowest BCUT2D eigenvalue weighted by molar-refractivity contribution is 0.936. The lowest BCUT2D eigenvalue weighted by Gasteiger charge is -2.20. The highest BCUT2D eigenvalue weighted by Crippen LogP contribution is 2.46. The van der Waals surface area contributed by atoms with Crippen LogP contribution in [0.5, 0.6) is 0 Å². The van der Waals surface area contributed by atoms with Crippen LogP contribution < -0.4 is 0 Å². The van der Waals surface area contributed by atoms with Crippen LogP contribution in [0, 0.1) is 0 Å². The fraction of sp³-hybridized carbons (Fsp3) is 0.0755. The maximum atomic E-state index is 5.21. The first kappa shape index (κ1) is 31.7. The summed E-state index contributed by atoms with van der Waals surface area (Å²) in [6.45, 7) is 0. The highest BCUT2D eigenvalue weighted by molar-refractivity contribution is 6.22. The Morgan fingerprint density at radius 3 is 1.93 bits per heavy atom. The molecule has 9 aromatic rings. The van der Waals surface area contributed by atoms with Crippen molar-refractivity contribution in [1.29, 1.82) is 0 Å². The normalized spacial score (nSPS) is 13.4. The van der Waals surface area contributed by atoms with Crippen LogP contribution >= 0.6 is 0 Å². The molecule has 0 saturated heterocycles. The lowest BCUT2D eigenvalue weighted by Crippen LogP contribution is -2.01. The third-order valence-electron chi connectivity index (χ3n) is 11.7. The molecule has 0 fully saturated rings. The van der Waals surface area contributed by atoms with E-state index >= 15 is 0 Å². The van der Waals surface area contributed by atoms with E-state index in [2.05, 4.69) is 187 Å². The Hall–Kier alpha value is -6.77. The highest BCUT2D eigenvalue weighted by Gasteiger charge is 2.21. The number of para-hydroxylation sites is 1. The van der Waals surface area contributed by atoms with Crippen molar-refractivity contribution in [2.45, 2.75) is 25.7 Å². The molecule has 0 unspecified atom stereocenters. The monoisotopic (exact) mass is 702 g/mol. The maximum Gasteiger partial charge on any atom is 0.145 e. The zero-order chi connectivity index (χ0) is 36.3. The Bertz CT molecular complexity index is 3010. The average Bonchev–Trinajstić information content (AvgIpc) is 3.65. The summed E-state index contributed by atoms with van der Waals surface area (Å²) in [4.78, 5) is 5.21. The summed E-state index contributed by atoms with van der Waals surface area (Å²) in [5, 5.41) is 7.61. The number of imidazole rings is 1. The van der Waals surface area contributed by atoms with Crippen LogP contribution in [0.1, 0.15) is 35.4 Å². The molecule has 0 bridgehead atoms. The third kappa shape index (κ3) is 5.36. The van der Waals surface area contributed by atoms with Crippen LogP contribution in [0.4, 0.5) is 0 Å². The van der Waals surface area contributed by atoms with Crippen molar-refractivity contribution in [1.82, 2.24) is 9.55 Å². The molecule has 2 heteroatoms. The van der Waals surface area contributed by atoms with E-state index in [0.717, 1.165) is 42.8 Å². The van der Waals surface area contributed by atoms with Crippen molar-refractivity contribution in [2.24, 2.45) is 0 Å². The van der Waals surface area contributed by atoms with Crippen molar-refractivity contribution in [3.8, 4) is 50.5 Å². The number of aromatic nitrogens is 2. The van der Waals surface area contributed by atoms with Gasteiger partial charge in [-0.3, -0.25) is 4.57 Å². The first-order chi connectivity index (χ1) is 27.3. The van der Waals surface area contributed by atoms with Gasteiger partial charge >= 0.3 is 0 Å². The minimum absolute atomic E-state index is 0.965. The first-order valence-electron chi connectivity index (χ1n) is 19.5. The number of fused-ring (bicyclic) bond motifs is 5. The van der Waals surface area contributed by atoms with Gasteiger partial charge in [-0.05, 0) is 133 Å². The van der Waals surface area contributed by atoms with Gasteiger partial charge in [-0.15, -0.1) is 0 Å². The number of rotatable bonds is 5. The molecule has 260 valence electrons. The number of hydrogen-bond acceptors (Lipinski definition) is 1. The van der Waals surface area contributed by atoms with E-state index in [-0.39, 0.29) is 0 Å². The average molecular weight is 703 g/mol. The van der Waals surface area contributed by atoms with E-state index < -0.39 is 0 Å². The smallest absolute Gasteiger partial charge is 0.145 e. The summed E-state index contributed by atoms with van der Waals surface area (Å²) in [7, 11) is 0. The van der Waals surface area contributed by atoms with Gasteiger partial charge in [-0.1, -0.05) is 152 Å². The van der Waals surface area contributed by atoms with Crippen molar-refractivity contribution in [2.75, 3.05) is 0 Å². The predicted molar refractivity (Wildman–Crippen MR) is 233 cm³/mol. The number of benzene rings is 8. The summed E-state index contributed by atoms with van der Waals surface area (Å²) >= 11 is 0. The van der Waals surface area contributed by atoms with E-state index in [9.17, 15) is 0 Å². The molecule has 11 rings (SSSR count). The first-order valence-corrected chi connectivity index (χ1v) is 19.5. The van der Waals surface area contributed by atoms with E-state index in [0.29, 0.717) is 0 Å². The quantitative estimate of drug-likeness (QED) is 0.163. The molecular weight excluding hydrogens is 665 g/mol. The fourth-order valence-corrected chi connectivity index (χ4v) is 9.01. The van der Waals surface area contributed by atoms with Gasteiger partial charge in [0, 0.05) is 11.3 Å². The molecule has 0 amide bonds. The van der Waals surface area contributed by atoms with Crippen molar-refractivity contribution in [3.05, 3.63) is 192 Å². The van der Waals surface area contributed by atoms with Crippen LogP contribution in [0.2, 0.25) is 0 Å². The van der Waals surface area contributed by atoms with Crippen LogP contribution in [-0.2, 0) is 12.8 Å². The minimum Gasteiger partial charge on any atom is -0.293 e. The van der Waals surface area contributed by atoms with Gasteiger partial charge in [-0.25, -0.2) is 4.98 Å². The van der Waals surface area contributed by atoms with Crippen molar-refractivity contribution >= 4 is 44.5 Å². The molecular formula is C53H38N2. The molecule has 2 aliphatic carbocycles. The topological polar surface area (TPSA) is 17.8 Å². The van der Waals surface area contributed by atoms with E-state index in [1.54, 1.807) is 0 Å². The van der Waals surface area contributed by atoms with E-state index in [4.69, 9.17) is 4.98 Å². The van der Waals surface area contributed by atoms with Gasteiger partial charge in [0.2, 0.25) is 0 Å².